The molecule has 0 N–H and O–H groups in total. The Bertz CT molecular complexity index is 2580. The average Bonchev–Trinajstić information content (AvgIpc) is 3.87. The fraction of sp³-hybridized carbons (Fsp3) is 0.364. The molecular weight excluding hydrogens is 688 g/mol. The fourth-order valence-corrected chi connectivity index (χ4v) is 11.2. The Balaban J connectivity index is 1.25. The highest BCUT2D eigenvalue weighted by Crippen LogP contribution is 2.51. The monoisotopic (exact) mass is 731 g/mol. The smallest absolute Gasteiger partial charge is 0.227 e. The Hall–Kier alpha value is -4.63. The van der Waals surface area contributed by atoms with Crippen molar-refractivity contribution in [1.29, 1.82) is 0 Å². The number of aryl methyl sites for hydroxylation is 2. The zero-order chi connectivity index (χ0) is 36.9. The number of pyridine rings is 2. The van der Waals surface area contributed by atoms with Crippen LogP contribution in [-0.2, 0) is 23.7 Å². The summed E-state index contributed by atoms with van der Waals surface area (Å²) in [6.45, 7) is 10.8. The lowest BCUT2D eigenvalue weighted by molar-refractivity contribution is -0.776. The van der Waals surface area contributed by atoms with E-state index in [2.05, 4.69) is 114 Å². The summed E-state index contributed by atoms with van der Waals surface area (Å²) in [5, 5.41) is 8.18. The van der Waals surface area contributed by atoms with Crippen molar-refractivity contribution in [3.8, 4) is 22.8 Å². The van der Waals surface area contributed by atoms with Gasteiger partial charge in [-0.1, -0.05) is 63.6 Å². The molecule has 5 nitrogen and oxygen atoms in total. The molecule has 0 radical (unpaired) electrons. The van der Waals surface area contributed by atoms with E-state index in [0.29, 0.717) is 18.5 Å². The van der Waals surface area contributed by atoms with Crippen molar-refractivity contribution in [3.63, 3.8) is 0 Å². The number of rotatable bonds is 8. The van der Waals surface area contributed by atoms with Gasteiger partial charge in [-0.3, -0.25) is 0 Å². The van der Waals surface area contributed by atoms with Gasteiger partial charge in [0.25, 0.3) is 11.5 Å². The quantitative estimate of drug-likeness (QED) is 0.146. The second-order valence-electron chi connectivity index (χ2n) is 15.2. The highest BCUT2D eigenvalue weighted by molar-refractivity contribution is 7.26. The van der Waals surface area contributed by atoms with Crippen LogP contribution in [0.4, 0.5) is 13.2 Å². The summed E-state index contributed by atoms with van der Waals surface area (Å²) in [5.41, 5.74) is 7.05. The number of alkyl halides is 3. The molecule has 6 heterocycles. The van der Waals surface area contributed by atoms with E-state index in [4.69, 9.17) is 0 Å². The summed E-state index contributed by atoms with van der Waals surface area (Å²) in [7, 11) is 0. The zero-order valence-corrected chi connectivity index (χ0v) is 31.7. The molecule has 3 unspecified atom stereocenters. The van der Waals surface area contributed by atoms with E-state index >= 15 is 0 Å². The van der Waals surface area contributed by atoms with Crippen LogP contribution in [0, 0.1) is 6.92 Å². The molecule has 0 fully saturated rings. The zero-order valence-electron chi connectivity index (χ0n) is 30.9. The Morgan fingerprint density at radius 3 is 2.49 bits per heavy atom. The second-order valence-corrected chi connectivity index (χ2v) is 16.2. The number of hydrogen-bond donors (Lipinski definition) is 0. The summed E-state index contributed by atoms with van der Waals surface area (Å²) in [6, 6.07) is 28.3. The van der Waals surface area contributed by atoms with Gasteiger partial charge in [0.2, 0.25) is 17.0 Å². The first-order valence-electron chi connectivity index (χ1n) is 19.0. The summed E-state index contributed by atoms with van der Waals surface area (Å²) in [6.07, 6.45) is 3.60. The maximum absolute atomic E-state index is 14.2. The number of fused-ring (bicyclic) bond motifs is 12. The number of halogens is 3. The number of thiophene rings is 1. The van der Waals surface area contributed by atoms with Crippen LogP contribution in [0.2, 0.25) is 0 Å². The van der Waals surface area contributed by atoms with Crippen LogP contribution < -0.4 is 9.13 Å². The van der Waals surface area contributed by atoms with Crippen LogP contribution in [0.5, 0.6) is 0 Å². The summed E-state index contributed by atoms with van der Waals surface area (Å²) >= 11 is 1.90. The first-order valence-corrected chi connectivity index (χ1v) is 19.9. The Morgan fingerprint density at radius 2 is 1.72 bits per heavy atom. The first kappa shape index (κ1) is 34.2. The van der Waals surface area contributed by atoms with Crippen molar-refractivity contribution in [2.45, 2.75) is 103 Å². The minimum Gasteiger partial charge on any atom is -0.227 e. The van der Waals surface area contributed by atoms with Crippen LogP contribution >= 0.6 is 11.3 Å². The highest BCUT2D eigenvalue weighted by atomic mass is 32.1. The molecule has 9 rings (SSSR count). The predicted molar refractivity (Wildman–Crippen MR) is 206 cm³/mol. The normalized spacial score (nSPS) is 20.6. The molecule has 9 heteroatoms. The van der Waals surface area contributed by atoms with E-state index in [1.807, 2.05) is 35.7 Å². The first-order chi connectivity index (χ1) is 25.6. The van der Waals surface area contributed by atoms with Gasteiger partial charge in [0.1, 0.15) is 5.54 Å². The lowest BCUT2D eigenvalue weighted by Crippen LogP contribution is -2.71. The Kier molecular flexibility index (Phi) is 7.86. The van der Waals surface area contributed by atoms with Gasteiger partial charge in [0, 0.05) is 74.6 Å². The van der Waals surface area contributed by atoms with Crippen molar-refractivity contribution < 1.29 is 22.3 Å². The van der Waals surface area contributed by atoms with E-state index in [0.717, 1.165) is 32.1 Å². The number of benzene rings is 3. The van der Waals surface area contributed by atoms with Gasteiger partial charge < -0.3 is 0 Å². The van der Waals surface area contributed by atoms with E-state index in [1.54, 1.807) is 4.68 Å². The Labute approximate surface area is 311 Å². The molecule has 7 aromatic rings. The third-order valence-corrected chi connectivity index (χ3v) is 13.9. The van der Waals surface area contributed by atoms with E-state index in [-0.39, 0.29) is 11.9 Å². The minimum atomic E-state index is -4.64. The van der Waals surface area contributed by atoms with Crippen molar-refractivity contribution >= 4 is 42.4 Å². The number of nitrogens with zero attached hydrogens (tertiary/aromatic N) is 5. The molecule has 3 aromatic carbocycles. The molecule has 4 aromatic heterocycles. The Morgan fingerprint density at radius 1 is 0.906 bits per heavy atom. The molecular formula is C44H44F3N5S+2. The molecule has 53 heavy (non-hydrogen) atoms. The number of para-hydroxylation sites is 1. The van der Waals surface area contributed by atoms with Crippen LogP contribution in [0.25, 0.3) is 53.9 Å². The largest absolute Gasteiger partial charge is 0.453 e. The van der Waals surface area contributed by atoms with Crippen molar-refractivity contribution in [3.05, 3.63) is 108 Å². The van der Waals surface area contributed by atoms with Gasteiger partial charge in [-0.15, -0.1) is 16.4 Å². The van der Waals surface area contributed by atoms with Crippen LogP contribution in [0.1, 0.15) is 94.8 Å². The molecule has 0 amide bonds. The van der Waals surface area contributed by atoms with Gasteiger partial charge in [-0.2, -0.15) is 27.3 Å². The standard InChI is InChI=1S/C44H44F3N5S/c1-6-9-15-28-16-14-20-36-37(28)31-22-21-30-33(51-32-18-11-10-17-29(32)27(4)26-35(51)38(30)39(31)53-36)23-24-43(8-3)42(5,7-2)52-40(34-19-12-13-25-50(34)43)48-41(49-52)44(45,46)47/h10-14,16-22,25-26,33H,6-9,15,23-24H2,1-5H3/q+2. The van der Waals surface area contributed by atoms with Gasteiger partial charge in [0.05, 0.1) is 5.56 Å². The fourth-order valence-electron chi connectivity index (χ4n) is 9.92. The summed E-state index contributed by atoms with van der Waals surface area (Å²) in [4.78, 5) is 4.12. The summed E-state index contributed by atoms with van der Waals surface area (Å²) < 4.78 is 51.6. The van der Waals surface area contributed by atoms with Gasteiger partial charge in [0.15, 0.2) is 17.8 Å². The van der Waals surface area contributed by atoms with E-state index in [1.165, 1.54) is 59.0 Å². The SMILES string of the molecule is CCCCc1cccc2sc3c4c(ccc3c12)C(CCC1(CC)[n+]2ccccc2-c2nc(C(F)(F)F)nn2C1(C)CC)[n+]1c-4cc(C)c2ccccc21. The topological polar surface area (TPSA) is 38.5 Å². The molecule has 3 atom stereocenters. The maximum atomic E-state index is 14.2. The molecule has 2 aliphatic heterocycles. The van der Waals surface area contributed by atoms with Gasteiger partial charge in [-0.25, -0.2) is 4.68 Å². The molecule has 0 saturated heterocycles. The average molecular weight is 732 g/mol. The van der Waals surface area contributed by atoms with Crippen LogP contribution in [0.15, 0.2) is 85.1 Å². The number of hydrogen-bond acceptors (Lipinski definition) is 3. The van der Waals surface area contributed by atoms with Crippen molar-refractivity contribution in [2.24, 2.45) is 0 Å². The van der Waals surface area contributed by atoms with E-state index in [9.17, 15) is 13.2 Å². The predicted octanol–water partition coefficient (Wildman–Crippen LogP) is 11.0. The lowest BCUT2D eigenvalue weighted by Gasteiger charge is -2.46. The number of aromatic nitrogens is 5. The highest BCUT2D eigenvalue weighted by Gasteiger charge is 2.62. The van der Waals surface area contributed by atoms with Crippen molar-refractivity contribution in [2.75, 3.05) is 0 Å². The van der Waals surface area contributed by atoms with Crippen LogP contribution in [0.3, 0.4) is 0 Å². The molecule has 0 spiro atoms. The third kappa shape index (κ3) is 4.74. The molecule has 270 valence electrons. The molecule has 2 aliphatic rings. The second kappa shape index (κ2) is 12.2. The van der Waals surface area contributed by atoms with Gasteiger partial charge >= 0.3 is 6.18 Å². The third-order valence-electron chi connectivity index (χ3n) is 12.7. The molecule has 0 bridgehead atoms. The summed E-state index contributed by atoms with van der Waals surface area (Å²) in [5.74, 6) is -0.820. The van der Waals surface area contributed by atoms with E-state index < -0.39 is 23.1 Å². The maximum Gasteiger partial charge on any atom is 0.453 e. The minimum absolute atomic E-state index is 0.0276. The van der Waals surface area contributed by atoms with Gasteiger partial charge in [-0.05, 0) is 62.4 Å². The number of unbranched alkanes of at least 4 members (excludes halogenated alkanes) is 1. The lowest BCUT2D eigenvalue weighted by atomic mass is 9.69. The molecule has 0 aliphatic carbocycles. The molecule has 0 saturated carbocycles. The van der Waals surface area contributed by atoms with Crippen LogP contribution in [-0.4, -0.2) is 14.8 Å². The van der Waals surface area contributed by atoms with Crippen molar-refractivity contribution in [1.82, 2.24) is 14.8 Å².